The van der Waals surface area contributed by atoms with E-state index < -0.39 is 0 Å². The van der Waals surface area contributed by atoms with Crippen LogP contribution in [0.1, 0.15) is 25.0 Å². The first-order chi connectivity index (χ1) is 10.1. The van der Waals surface area contributed by atoms with Gasteiger partial charge in [0.05, 0.1) is 0 Å². The highest BCUT2D eigenvalue weighted by molar-refractivity contribution is 9.10. The van der Waals surface area contributed by atoms with Gasteiger partial charge in [0.1, 0.15) is 11.5 Å². The smallest absolute Gasteiger partial charge is 0.131 e. The summed E-state index contributed by atoms with van der Waals surface area (Å²) in [5, 5.41) is 3.46. The molecule has 0 aliphatic heterocycles. The highest BCUT2D eigenvalue weighted by atomic mass is 79.9. The van der Waals surface area contributed by atoms with Crippen LogP contribution < -0.4 is 10.1 Å². The van der Waals surface area contributed by atoms with E-state index in [1.165, 1.54) is 5.56 Å². The van der Waals surface area contributed by atoms with Gasteiger partial charge in [0.25, 0.3) is 0 Å². The van der Waals surface area contributed by atoms with Crippen molar-refractivity contribution >= 4 is 15.9 Å². The lowest BCUT2D eigenvalue weighted by molar-refractivity contribution is 0.465. The molecule has 0 fully saturated rings. The van der Waals surface area contributed by atoms with E-state index in [0.29, 0.717) is 5.92 Å². The Hall–Kier alpha value is -1.32. The molecule has 21 heavy (non-hydrogen) atoms. The van der Waals surface area contributed by atoms with Crippen LogP contribution in [0.25, 0.3) is 0 Å². The predicted octanol–water partition coefficient (Wildman–Crippen LogP) is 5.30. The second-order valence-electron chi connectivity index (χ2n) is 5.64. The molecule has 0 aliphatic carbocycles. The first-order valence-corrected chi connectivity index (χ1v) is 8.08. The van der Waals surface area contributed by atoms with E-state index in [1.807, 2.05) is 30.3 Å². The number of halogens is 1. The van der Waals surface area contributed by atoms with Crippen molar-refractivity contribution in [1.29, 1.82) is 0 Å². The molecule has 2 aromatic rings. The quantitative estimate of drug-likeness (QED) is 0.765. The lowest BCUT2D eigenvalue weighted by atomic mass is 10.1. The topological polar surface area (TPSA) is 21.3 Å². The zero-order valence-corrected chi connectivity index (χ0v) is 14.4. The molecular formula is C18H22BrNO. The maximum atomic E-state index is 6.11. The van der Waals surface area contributed by atoms with Crippen LogP contribution in [0.2, 0.25) is 0 Å². The van der Waals surface area contributed by atoms with E-state index in [2.05, 4.69) is 54.2 Å². The second kappa shape index (κ2) is 7.62. The van der Waals surface area contributed by atoms with Gasteiger partial charge in [0.15, 0.2) is 0 Å². The summed E-state index contributed by atoms with van der Waals surface area (Å²) in [6.45, 7) is 8.30. The van der Waals surface area contributed by atoms with Crippen molar-refractivity contribution in [2.45, 2.75) is 27.3 Å². The van der Waals surface area contributed by atoms with Crippen LogP contribution in [0.4, 0.5) is 0 Å². The summed E-state index contributed by atoms with van der Waals surface area (Å²) in [5.41, 5.74) is 2.31. The SMILES string of the molecule is Cc1ccc(Br)cc1Oc1ccccc1CNCC(C)C. The molecule has 0 heterocycles. The molecule has 0 aromatic heterocycles. The van der Waals surface area contributed by atoms with Crippen molar-refractivity contribution in [2.75, 3.05) is 6.54 Å². The van der Waals surface area contributed by atoms with Gasteiger partial charge in [-0.2, -0.15) is 0 Å². The van der Waals surface area contributed by atoms with Crippen LogP contribution >= 0.6 is 15.9 Å². The molecule has 2 aromatic carbocycles. The Kier molecular flexibility index (Phi) is 5.83. The summed E-state index contributed by atoms with van der Waals surface area (Å²) >= 11 is 3.49. The van der Waals surface area contributed by atoms with Gasteiger partial charge in [-0.25, -0.2) is 0 Å². The number of para-hydroxylation sites is 1. The van der Waals surface area contributed by atoms with Gasteiger partial charge in [-0.15, -0.1) is 0 Å². The maximum absolute atomic E-state index is 6.11. The van der Waals surface area contributed by atoms with E-state index in [1.54, 1.807) is 0 Å². The minimum Gasteiger partial charge on any atom is -0.457 e. The minimum atomic E-state index is 0.644. The van der Waals surface area contributed by atoms with Gasteiger partial charge >= 0.3 is 0 Å². The Morgan fingerprint density at radius 2 is 1.86 bits per heavy atom. The first-order valence-electron chi connectivity index (χ1n) is 7.29. The summed E-state index contributed by atoms with van der Waals surface area (Å²) in [4.78, 5) is 0. The third kappa shape index (κ3) is 4.87. The highest BCUT2D eigenvalue weighted by Gasteiger charge is 2.07. The molecule has 0 amide bonds. The number of ether oxygens (including phenoxy) is 1. The van der Waals surface area contributed by atoms with E-state index in [9.17, 15) is 0 Å². The number of hydrogen-bond donors (Lipinski definition) is 1. The molecule has 112 valence electrons. The Balaban J connectivity index is 2.14. The first kappa shape index (κ1) is 16.1. The largest absolute Gasteiger partial charge is 0.457 e. The molecular weight excluding hydrogens is 326 g/mol. The summed E-state index contributed by atoms with van der Waals surface area (Å²) in [5.74, 6) is 2.45. The third-order valence-electron chi connectivity index (χ3n) is 3.21. The molecule has 0 bridgehead atoms. The third-order valence-corrected chi connectivity index (χ3v) is 3.70. The minimum absolute atomic E-state index is 0.644. The van der Waals surface area contributed by atoms with Crippen LogP contribution in [-0.2, 0) is 6.54 Å². The van der Waals surface area contributed by atoms with Crippen LogP contribution in [0.15, 0.2) is 46.9 Å². The van der Waals surface area contributed by atoms with Crippen LogP contribution in [-0.4, -0.2) is 6.54 Å². The molecule has 0 saturated heterocycles. The fourth-order valence-electron chi connectivity index (χ4n) is 2.05. The highest BCUT2D eigenvalue weighted by Crippen LogP contribution is 2.30. The van der Waals surface area contributed by atoms with Crippen molar-refractivity contribution in [2.24, 2.45) is 5.92 Å². The van der Waals surface area contributed by atoms with Crippen molar-refractivity contribution < 1.29 is 4.74 Å². The fourth-order valence-corrected chi connectivity index (χ4v) is 2.39. The normalized spacial score (nSPS) is 10.9. The molecule has 0 saturated carbocycles. The van der Waals surface area contributed by atoms with Gasteiger partial charge in [-0.1, -0.05) is 54.0 Å². The molecule has 0 atom stereocenters. The molecule has 0 spiro atoms. The van der Waals surface area contributed by atoms with Gasteiger partial charge < -0.3 is 10.1 Å². The molecule has 0 radical (unpaired) electrons. The molecule has 2 nitrogen and oxygen atoms in total. The molecule has 3 heteroatoms. The summed E-state index contributed by atoms with van der Waals surface area (Å²) in [7, 11) is 0. The number of aryl methyl sites for hydroxylation is 1. The summed E-state index contributed by atoms with van der Waals surface area (Å²) in [6, 6.07) is 14.3. The van der Waals surface area contributed by atoms with Crippen molar-refractivity contribution in [3.63, 3.8) is 0 Å². The number of benzene rings is 2. The number of hydrogen-bond acceptors (Lipinski definition) is 2. The lowest BCUT2D eigenvalue weighted by Crippen LogP contribution is -2.19. The molecule has 1 N–H and O–H groups in total. The van der Waals surface area contributed by atoms with E-state index in [4.69, 9.17) is 4.74 Å². The average Bonchev–Trinajstić information content (AvgIpc) is 2.44. The van der Waals surface area contributed by atoms with Gasteiger partial charge in [0, 0.05) is 16.6 Å². The predicted molar refractivity (Wildman–Crippen MR) is 91.9 cm³/mol. The van der Waals surface area contributed by atoms with Crippen LogP contribution in [0.5, 0.6) is 11.5 Å². The molecule has 0 aliphatic rings. The maximum Gasteiger partial charge on any atom is 0.131 e. The van der Waals surface area contributed by atoms with E-state index in [-0.39, 0.29) is 0 Å². The Morgan fingerprint density at radius 1 is 1.10 bits per heavy atom. The van der Waals surface area contributed by atoms with E-state index >= 15 is 0 Å². The Bertz CT molecular complexity index is 596. The standard InChI is InChI=1S/C18H22BrNO/c1-13(2)11-20-12-15-6-4-5-7-17(15)21-18-10-16(19)9-8-14(18)3/h4-10,13,20H,11-12H2,1-3H3. The van der Waals surface area contributed by atoms with Crippen LogP contribution in [0.3, 0.4) is 0 Å². The lowest BCUT2D eigenvalue weighted by Gasteiger charge is -2.14. The van der Waals surface area contributed by atoms with Crippen molar-refractivity contribution in [1.82, 2.24) is 5.32 Å². The number of rotatable bonds is 6. The zero-order chi connectivity index (χ0) is 15.2. The Labute approximate surface area is 135 Å². The average molecular weight is 348 g/mol. The fraction of sp³-hybridized carbons (Fsp3) is 0.333. The van der Waals surface area contributed by atoms with Gasteiger partial charge in [0.2, 0.25) is 0 Å². The summed E-state index contributed by atoms with van der Waals surface area (Å²) < 4.78 is 7.14. The zero-order valence-electron chi connectivity index (χ0n) is 12.8. The van der Waals surface area contributed by atoms with E-state index in [0.717, 1.165) is 34.6 Å². The van der Waals surface area contributed by atoms with Crippen LogP contribution in [0, 0.1) is 12.8 Å². The van der Waals surface area contributed by atoms with Crippen molar-refractivity contribution in [3.05, 3.63) is 58.1 Å². The number of nitrogens with one attached hydrogen (secondary N) is 1. The molecule has 2 rings (SSSR count). The monoisotopic (exact) mass is 347 g/mol. The summed E-state index contributed by atoms with van der Waals surface area (Å²) in [6.07, 6.45) is 0. The van der Waals surface area contributed by atoms with Gasteiger partial charge in [-0.05, 0) is 43.1 Å². The van der Waals surface area contributed by atoms with Gasteiger partial charge in [-0.3, -0.25) is 0 Å². The van der Waals surface area contributed by atoms with Crippen molar-refractivity contribution in [3.8, 4) is 11.5 Å². The Morgan fingerprint density at radius 3 is 2.62 bits per heavy atom. The second-order valence-corrected chi connectivity index (χ2v) is 6.56. The molecule has 0 unspecified atom stereocenters.